The Labute approximate surface area is 92.1 Å². The van der Waals surface area contributed by atoms with Crippen LogP contribution < -0.4 is 5.32 Å². The highest BCUT2D eigenvalue weighted by molar-refractivity contribution is 5.86. The van der Waals surface area contributed by atoms with Gasteiger partial charge in [0, 0.05) is 6.54 Å². The average molecular weight is 205 g/mol. The van der Waals surface area contributed by atoms with Gasteiger partial charge < -0.3 is 5.32 Å². The topological polar surface area (TPSA) is 29.1 Å². The summed E-state index contributed by atoms with van der Waals surface area (Å²) in [6.07, 6.45) is 9.27. The summed E-state index contributed by atoms with van der Waals surface area (Å²) >= 11 is 0. The normalized spacial score (nSPS) is 11.3. The summed E-state index contributed by atoms with van der Waals surface area (Å²) in [5.74, 6) is -0.146. The standard InChI is InChI=1S/C13H19NO/c1-5-13(15)14-10-9-12(4)8-6-7-11(2)3/h5-9H,1,10H2,2-4H3,(H,14,15)/b8-6+,12-9+. The Morgan fingerprint density at radius 1 is 1.33 bits per heavy atom. The van der Waals surface area contributed by atoms with Crippen LogP contribution in [0.5, 0.6) is 0 Å². The molecule has 0 atom stereocenters. The fraction of sp³-hybridized carbons (Fsp3) is 0.308. The van der Waals surface area contributed by atoms with Gasteiger partial charge in [-0.1, -0.05) is 42.0 Å². The van der Waals surface area contributed by atoms with Gasteiger partial charge in [0.15, 0.2) is 0 Å². The number of carbonyl (C=O) groups is 1. The third-order valence-corrected chi connectivity index (χ3v) is 1.67. The molecule has 0 spiro atoms. The van der Waals surface area contributed by atoms with Gasteiger partial charge in [-0.2, -0.15) is 0 Å². The third kappa shape index (κ3) is 8.75. The van der Waals surface area contributed by atoms with Crippen LogP contribution in [-0.4, -0.2) is 12.5 Å². The van der Waals surface area contributed by atoms with Crippen LogP contribution in [0.2, 0.25) is 0 Å². The highest BCUT2D eigenvalue weighted by Crippen LogP contribution is 1.96. The maximum atomic E-state index is 10.8. The summed E-state index contributed by atoms with van der Waals surface area (Å²) < 4.78 is 0. The second-order valence-electron chi connectivity index (χ2n) is 3.50. The van der Waals surface area contributed by atoms with E-state index in [2.05, 4.69) is 11.9 Å². The van der Waals surface area contributed by atoms with Gasteiger partial charge in [-0.3, -0.25) is 4.79 Å². The van der Waals surface area contributed by atoms with E-state index in [4.69, 9.17) is 0 Å². The van der Waals surface area contributed by atoms with Crippen molar-refractivity contribution in [2.75, 3.05) is 6.54 Å². The number of hydrogen-bond donors (Lipinski definition) is 1. The van der Waals surface area contributed by atoms with Crippen molar-refractivity contribution in [3.05, 3.63) is 48.1 Å². The monoisotopic (exact) mass is 205 g/mol. The van der Waals surface area contributed by atoms with Crippen LogP contribution in [0.1, 0.15) is 20.8 Å². The van der Waals surface area contributed by atoms with Crippen LogP contribution in [0.15, 0.2) is 48.1 Å². The second-order valence-corrected chi connectivity index (χ2v) is 3.50. The Morgan fingerprint density at radius 2 is 2.00 bits per heavy atom. The number of allylic oxidation sites excluding steroid dienone is 5. The third-order valence-electron chi connectivity index (χ3n) is 1.67. The molecule has 2 heteroatoms. The average Bonchev–Trinajstić information content (AvgIpc) is 2.17. The summed E-state index contributed by atoms with van der Waals surface area (Å²) in [5, 5.41) is 2.68. The van der Waals surface area contributed by atoms with Crippen LogP contribution in [0.3, 0.4) is 0 Å². The molecule has 0 unspecified atom stereocenters. The van der Waals surface area contributed by atoms with Crippen molar-refractivity contribution < 1.29 is 4.79 Å². The maximum absolute atomic E-state index is 10.8. The van der Waals surface area contributed by atoms with Crippen molar-refractivity contribution in [3.8, 4) is 0 Å². The first-order chi connectivity index (χ1) is 7.06. The molecular weight excluding hydrogens is 186 g/mol. The van der Waals surface area contributed by atoms with Crippen LogP contribution in [0.25, 0.3) is 0 Å². The predicted molar refractivity (Wildman–Crippen MR) is 65.5 cm³/mol. The molecule has 0 aliphatic rings. The van der Waals surface area contributed by atoms with Gasteiger partial charge in [0.1, 0.15) is 0 Å². The summed E-state index contributed by atoms with van der Waals surface area (Å²) in [5.41, 5.74) is 2.39. The second kappa shape index (κ2) is 7.80. The van der Waals surface area contributed by atoms with E-state index in [9.17, 15) is 4.79 Å². The molecule has 0 aromatic rings. The minimum absolute atomic E-state index is 0.146. The Bertz CT molecular complexity index is 304. The van der Waals surface area contributed by atoms with E-state index < -0.39 is 0 Å². The van der Waals surface area contributed by atoms with Crippen molar-refractivity contribution >= 4 is 5.91 Å². The zero-order valence-corrected chi connectivity index (χ0v) is 9.71. The number of amides is 1. The molecule has 1 N–H and O–H groups in total. The summed E-state index contributed by atoms with van der Waals surface area (Å²) in [4.78, 5) is 10.8. The van der Waals surface area contributed by atoms with Crippen molar-refractivity contribution in [1.29, 1.82) is 0 Å². The first-order valence-corrected chi connectivity index (χ1v) is 4.95. The fourth-order valence-electron chi connectivity index (χ4n) is 0.845. The summed E-state index contributed by atoms with van der Waals surface area (Å²) in [7, 11) is 0. The lowest BCUT2D eigenvalue weighted by Crippen LogP contribution is -2.20. The Hall–Kier alpha value is -1.57. The molecule has 15 heavy (non-hydrogen) atoms. The zero-order valence-electron chi connectivity index (χ0n) is 9.71. The Morgan fingerprint density at radius 3 is 2.53 bits per heavy atom. The molecule has 0 aromatic heterocycles. The molecule has 0 rings (SSSR count). The Balaban J connectivity index is 3.99. The number of nitrogens with one attached hydrogen (secondary N) is 1. The first-order valence-electron chi connectivity index (χ1n) is 4.95. The fourth-order valence-corrected chi connectivity index (χ4v) is 0.845. The van der Waals surface area contributed by atoms with E-state index in [0.29, 0.717) is 6.54 Å². The van der Waals surface area contributed by atoms with Gasteiger partial charge in [0.05, 0.1) is 0 Å². The predicted octanol–water partition coefficient (Wildman–Crippen LogP) is 2.76. The van der Waals surface area contributed by atoms with E-state index >= 15 is 0 Å². The molecule has 0 aliphatic heterocycles. The SMILES string of the molecule is C=CC(=O)NC/C=C(C)/C=C/C=C(C)C. The molecule has 0 bridgehead atoms. The molecule has 0 radical (unpaired) electrons. The van der Waals surface area contributed by atoms with E-state index in [-0.39, 0.29) is 5.91 Å². The maximum Gasteiger partial charge on any atom is 0.243 e. The molecule has 0 saturated heterocycles. The van der Waals surface area contributed by atoms with E-state index in [1.807, 2.05) is 45.1 Å². The number of rotatable bonds is 5. The van der Waals surface area contributed by atoms with E-state index in [1.165, 1.54) is 11.6 Å². The van der Waals surface area contributed by atoms with Crippen molar-refractivity contribution in [2.24, 2.45) is 0 Å². The zero-order chi connectivity index (χ0) is 11.7. The van der Waals surface area contributed by atoms with Crippen molar-refractivity contribution in [1.82, 2.24) is 5.32 Å². The minimum atomic E-state index is -0.146. The molecule has 0 aromatic carbocycles. The van der Waals surface area contributed by atoms with Crippen LogP contribution >= 0.6 is 0 Å². The van der Waals surface area contributed by atoms with Gasteiger partial charge >= 0.3 is 0 Å². The molecule has 0 fully saturated rings. The van der Waals surface area contributed by atoms with Gasteiger partial charge in [-0.15, -0.1) is 0 Å². The number of carbonyl (C=O) groups excluding carboxylic acids is 1. The lowest BCUT2D eigenvalue weighted by atomic mass is 10.2. The van der Waals surface area contributed by atoms with Gasteiger partial charge in [-0.25, -0.2) is 0 Å². The minimum Gasteiger partial charge on any atom is -0.349 e. The highest BCUT2D eigenvalue weighted by atomic mass is 16.1. The van der Waals surface area contributed by atoms with Crippen LogP contribution in [0, 0.1) is 0 Å². The summed E-state index contributed by atoms with van der Waals surface area (Å²) in [6.45, 7) is 10.0. The highest BCUT2D eigenvalue weighted by Gasteiger charge is 1.88. The molecule has 82 valence electrons. The van der Waals surface area contributed by atoms with Gasteiger partial charge in [-0.05, 0) is 26.8 Å². The molecule has 0 aliphatic carbocycles. The molecule has 2 nitrogen and oxygen atoms in total. The first kappa shape index (κ1) is 13.4. The molecule has 1 amide bonds. The van der Waals surface area contributed by atoms with Crippen LogP contribution in [-0.2, 0) is 4.79 Å². The summed E-state index contributed by atoms with van der Waals surface area (Å²) in [6, 6.07) is 0. The number of hydrogen-bond acceptors (Lipinski definition) is 1. The van der Waals surface area contributed by atoms with Crippen molar-refractivity contribution in [2.45, 2.75) is 20.8 Å². The smallest absolute Gasteiger partial charge is 0.243 e. The largest absolute Gasteiger partial charge is 0.349 e. The van der Waals surface area contributed by atoms with Gasteiger partial charge in [0.25, 0.3) is 0 Å². The molecular formula is C13H19NO. The van der Waals surface area contributed by atoms with E-state index in [0.717, 1.165) is 5.57 Å². The lowest BCUT2D eigenvalue weighted by molar-refractivity contribution is -0.116. The van der Waals surface area contributed by atoms with Crippen molar-refractivity contribution in [3.63, 3.8) is 0 Å². The molecule has 0 saturated carbocycles. The van der Waals surface area contributed by atoms with E-state index in [1.54, 1.807) is 0 Å². The van der Waals surface area contributed by atoms with Crippen LogP contribution in [0.4, 0.5) is 0 Å². The Kier molecular flexibility index (Phi) is 6.98. The molecule has 0 heterocycles. The quantitative estimate of drug-likeness (QED) is 0.542. The lowest BCUT2D eigenvalue weighted by Gasteiger charge is -1.96. The van der Waals surface area contributed by atoms with Gasteiger partial charge in [0.2, 0.25) is 5.91 Å².